The lowest BCUT2D eigenvalue weighted by atomic mass is 9.89. The molecule has 1 saturated heterocycles. The first-order valence-corrected chi connectivity index (χ1v) is 12.5. The standard InChI is InChI=1S/C28H24O15/c29-8-19-23(38)24(39)27(43-28(40)10-4-16(35)22(37)17(36)5-10)26(42-19)21-14(33)6-13(32)20-15(34)7-18(41-25(20)21)9-1-2-11(30)12(31)3-9/h1-7,19,23-24,26-27,29-33,35-39H,8H2/t19-,23-,24-,26+,27+/m0/s1. The summed E-state index contributed by atoms with van der Waals surface area (Å²) in [6.45, 7) is -0.867. The molecule has 15 nitrogen and oxygen atoms in total. The molecule has 15 heteroatoms. The van der Waals surface area contributed by atoms with Gasteiger partial charge in [-0.1, -0.05) is 0 Å². The third-order valence-electron chi connectivity index (χ3n) is 6.96. The molecule has 0 bridgehead atoms. The number of hydrogen-bond acceptors (Lipinski definition) is 15. The van der Waals surface area contributed by atoms with Crippen molar-refractivity contribution in [2.24, 2.45) is 0 Å². The van der Waals surface area contributed by atoms with Gasteiger partial charge in [0, 0.05) is 17.7 Å². The molecular formula is C28H24O15. The molecule has 0 amide bonds. The van der Waals surface area contributed by atoms with Crippen molar-refractivity contribution in [1.82, 2.24) is 0 Å². The van der Waals surface area contributed by atoms with Crippen molar-refractivity contribution in [2.75, 3.05) is 6.61 Å². The fourth-order valence-corrected chi connectivity index (χ4v) is 4.78. The summed E-state index contributed by atoms with van der Waals surface area (Å²) >= 11 is 0. The largest absolute Gasteiger partial charge is 0.507 e. The normalized spacial score (nSPS) is 22.0. The molecule has 2 heterocycles. The molecule has 43 heavy (non-hydrogen) atoms. The number of esters is 1. The second-order valence-electron chi connectivity index (χ2n) is 9.70. The van der Waals surface area contributed by atoms with Crippen LogP contribution in [0.3, 0.4) is 0 Å². The zero-order valence-electron chi connectivity index (χ0n) is 21.6. The summed E-state index contributed by atoms with van der Waals surface area (Å²) in [5, 5.41) is 101. The van der Waals surface area contributed by atoms with Crippen LogP contribution in [-0.2, 0) is 9.47 Å². The molecule has 0 aliphatic carbocycles. The summed E-state index contributed by atoms with van der Waals surface area (Å²) in [5.74, 6) is -6.79. The Bertz CT molecular complexity index is 1770. The fraction of sp³-hybridized carbons (Fsp3) is 0.214. The number of fused-ring (bicyclic) bond motifs is 1. The smallest absolute Gasteiger partial charge is 0.338 e. The molecule has 0 spiro atoms. The van der Waals surface area contributed by atoms with Crippen LogP contribution < -0.4 is 5.43 Å². The molecule has 3 aromatic carbocycles. The van der Waals surface area contributed by atoms with Gasteiger partial charge < -0.3 is 65.0 Å². The Morgan fingerprint density at radius 3 is 2.09 bits per heavy atom. The lowest BCUT2D eigenvalue weighted by Gasteiger charge is -2.42. The number of phenolic OH excluding ortho intramolecular Hbond substituents is 7. The van der Waals surface area contributed by atoms with E-state index in [1.54, 1.807) is 0 Å². The Kier molecular flexibility index (Phi) is 7.41. The van der Waals surface area contributed by atoms with Crippen LogP contribution in [0.5, 0.6) is 40.2 Å². The van der Waals surface area contributed by atoms with E-state index in [4.69, 9.17) is 13.9 Å². The average molecular weight is 600 g/mol. The molecule has 1 aromatic heterocycles. The van der Waals surface area contributed by atoms with Crippen molar-refractivity contribution in [3.63, 3.8) is 0 Å². The first-order chi connectivity index (χ1) is 20.3. The van der Waals surface area contributed by atoms with E-state index < -0.39 is 111 Å². The van der Waals surface area contributed by atoms with Gasteiger partial charge in [-0.05, 0) is 30.3 Å². The zero-order chi connectivity index (χ0) is 31.3. The summed E-state index contributed by atoms with van der Waals surface area (Å²) < 4.78 is 16.9. The molecule has 5 rings (SSSR count). The minimum Gasteiger partial charge on any atom is -0.507 e. The Balaban J connectivity index is 1.69. The monoisotopic (exact) mass is 600 g/mol. The van der Waals surface area contributed by atoms with E-state index in [1.807, 2.05) is 0 Å². The lowest BCUT2D eigenvalue weighted by molar-refractivity contribution is -0.231. The summed E-state index contributed by atoms with van der Waals surface area (Å²) in [7, 11) is 0. The highest BCUT2D eigenvalue weighted by Gasteiger charge is 2.49. The number of aliphatic hydroxyl groups excluding tert-OH is 3. The highest BCUT2D eigenvalue weighted by Crippen LogP contribution is 2.45. The van der Waals surface area contributed by atoms with Gasteiger partial charge in [0.1, 0.15) is 47.1 Å². The second kappa shape index (κ2) is 10.9. The molecule has 1 aliphatic rings. The van der Waals surface area contributed by atoms with Gasteiger partial charge >= 0.3 is 5.97 Å². The third-order valence-corrected chi connectivity index (χ3v) is 6.96. The Morgan fingerprint density at radius 1 is 0.791 bits per heavy atom. The lowest BCUT2D eigenvalue weighted by Crippen LogP contribution is -2.56. The van der Waals surface area contributed by atoms with Crippen LogP contribution in [0.2, 0.25) is 0 Å². The van der Waals surface area contributed by atoms with Crippen molar-refractivity contribution in [3.8, 4) is 51.6 Å². The van der Waals surface area contributed by atoms with Crippen molar-refractivity contribution >= 4 is 16.9 Å². The van der Waals surface area contributed by atoms with Gasteiger partial charge in [0.05, 0.1) is 17.7 Å². The number of aliphatic hydroxyl groups is 3. The highest BCUT2D eigenvalue weighted by atomic mass is 16.6. The van der Waals surface area contributed by atoms with Gasteiger partial charge in [-0.15, -0.1) is 0 Å². The number of aromatic hydroxyl groups is 7. The van der Waals surface area contributed by atoms with Crippen LogP contribution in [0.4, 0.5) is 0 Å². The number of rotatable bonds is 5. The maximum absolute atomic E-state index is 13.1. The summed E-state index contributed by atoms with van der Waals surface area (Å²) in [6, 6.07) is 6.64. The van der Waals surface area contributed by atoms with Gasteiger partial charge in [0.2, 0.25) is 0 Å². The number of ether oxygens (including phenoxy) is 2. The zero-order valence-corrected chi connectivity index (χ0v) is 21.6. The summed E-state index contributed by atoms with van der Waals surface area (Å²) in [5.41, 5.74) is -2.28. The first-order valence-electron chi connectivity index (χ1n) is 12.5. The van der Waals surface area contributed by atoms with E-state index in [0.29, 0.717) is 0 Å². The molecular weight excluding hydrogens is 576 g/mol. The highest BCUT2D eigenvalue weighted by molar-refractivity contribution is 5.92. The van der Waals surface area contributed by atoms with Gasteiger partial charge in [-0.2, -0.15) is 0 Å². The number of carbonyl (C=O) groups excluding carboxylic acids is 1. The molecule has 10 N–H and O–H groups in total. The Hall–Kier alpha value is -5.22. The summed E-state index contributed by atoms with van der Waals surface area (Å²) in [6.07, 6.45) is -9.11. The number of benzene rings is 3. The molecule has 0 radical (unpaired) electrons. The first kappa shape index (κ1) is 29.3. The quantitative estimate of drug-likeness (QED) is 0.112. The van der Waals surface area contributed by atoms with Crippen LogP contribution in [0.15, 0.2) is 51.7 Å². The van der Waals surface area contributed by atoms with Crippen LogP contribution in [0.1, 0.15) is 22.0 Å². The average Bonchev–Trinajstić information content (AvgIpc) is 2.95. The molecule has 1 aliphatic heterocycles. The number of hydrogen-bond donors (Lipinski definition) is 10. The molecule has 1 fully saturated rings. The second-order valence-corrected chi connectivity index (χ2v) is 9.70. The predicted molar refractivity (Wildman–Crippen MR) is 142 cm³/mol. The summed E-state index contributed by atoms with van der Waals surface area (Å²) in [4.78, 5) is 26.1. The Morgan fingerprint density at radius 2 is 1.47 bits per heavy atom. The van der Waals surface area contributed by atoms with Crippen LogP contribution in [0, 0.1) is 0 Å². The van der Waals surface area contributed by atoms with Crippen molar-refractivity contribution in [1.29, 1.82) is 0 Å². The number of carbonyl (C=O) groups is 1. The van der Waals surface area contributed by atoms with Gasteiger partial charge in [0.15, 0.2) is 45.9 Å². The van der Waals surface area contributed by atoms with E-state index in [-0.39, 0.29) is 11.3 Å². The van der Waals surface area contributed by atoms with Crippen LogP contribution in [-0.4, -0.2) is 88.1 Å². The van der Waals surface area contributed by atoms with E-state index in [1.165, 1.54) is 6.07 Å². The minimum absolute atomic E-state index is 0.0752. The van der Waals surface area contributed by atoms with E-state index in [9.17, 15) is 60.7 Å². The number of phenols is 7. The maximum Gasteiger partial charge on any atom is 0.338 e. The van der Waals surface area contributed by atoms with Crippen LogP contribution >= 0.6 is 0 Å². The SMILES string of the molecule is O=C(O[C@@H]1[C@@H](O)[C@@H](O)[C@H](CO)O[C@@H]1c1c(O)cc(O)c2c(=O)cc(-c3ccc(O)c(O)c3)oc12)c1cc(O)c(O)c(O)c1. The minimum atomic E-state index is -2.01. The van der Waals surface area contributed by atoms with Gasteiger partial charge in [-0.3, -0.25) is 4.79 Å². The predicted octanol–water partition coefficient (Wildman–Crippen LogP) is 0.779. The Labute approximate surface area is 239 Å². The van der Waals surface area contributed by atoms with Crippen molar-refractivity contribution < 1.29 is 69.8 Å². The van der Waals surface area contributed by atoms with Gasteiger partial charge in [0.25, 0.3) is 0 Å². The molecule has 226 valence electrons. The van der Waals surface area contributed by atoms with Crippen LogP contribution in [0.25, 0.3) is 22.3 Å². The molecule has 0 unspecified atom stereocenters. The molecule has 0 saturated carbocycles. The maximum atomic E-state index is 13.1. The topological polar surface area (TPSA) is 268 Å². The van der Waals surface area contributed by atoms with E-state index in [0.717, 1.165) is 36.4 Å². The molecule has 4 aromatic rings. The molecule has 5 atom stereocenters. The van der Waals surface area contributed by atoms with Crippen molar-refractivity contribution in [2.45, 2.75) is 30.5 Å². The van der Waals surface area contributed by atoms with E-state index in [2.05, 4.69) is 0 Å². The van der Waals surface area contributed by atoms with Crippen molar-refractivity contribution in [3.05, 3.63) is 63.8 Å². The fourth-order valence-electron chi connectivity index (χ4n) is 4.78. The van der Waals surface area contributed by atoms with E-state index >= 15 is 0 Å². The van der Waals surface area contributed by atoms with Gasteiger partial charge in [-0.25, -0.2) is 4.79 Å². The third kappa shape index (κ3) is 5.06.